The number of carbonyl (C=O) groups excluding carboxylic acids is 1. The van der Waals surface area contributed by atoms with Crippen molar-refractivity contribution in [2.24, 2.45) is 0 Å². The molecular formula is C12H11NO2. The summed E-state index contributed by atoms with van der Waals surface area (Å²) < 4.78 is 6.98. The number of benzene rings is 1. The molecule has 76 valence electrons. The molecule has 3 nitrogen and oxygen atoms in total. The van der Waals surface area contributed by atoms with E-state index in [9.17, 15) is 4.79 Å². The average Bonchev–Trinajstić information content (AvgIpc) is 2.98. The van der Waals surface area contributed by atoms with Crippen LogP contribution in [0.25, 0.3) is 10.9 Å². The van der Waals surface area contributed by atoms with E-state index >= 15 is 0 Å². The first kappa shape index (κ1) is 8.68. The summed E-state index contributed by atoms with van der Waals surface area (Å²) in [6.07, 6.45) is 0.112. The van der Waals surface area contributed by atoms with Crippen molar-refractivity contribution in [2.45, 2.75) is 13.0 Å². The lowest BCUT2D eigenvalue weighted by atomic mass is 10.2. The molecule has 1 atom stereocenters. The van der Waals surface area contributed by atoms with Crippen LogP contribution in [0.5, 0.6) is 0 Å². The van der Waals surface area contributed by atoms with Gasteiger partial charge in [0.25, 0.3) is 0 Å². The van der Waals surface area contributed by atoms with E-state index < -0.39 is 0 Å². The second kappa shape index (κ2) is 2.94. The summed E-state index contributed by atoms with van der Waals surface area (Å²) in [7, 11) is 0. The van der Waals surface area contributed by atoms with Gasteiger partial charge in [0.2, 0.25) is 5.91 Å². The summed E-state index contributed by atoms with van der Waals surface area (Å²) in [6, 6.07) is 9.93. The van der Waals surface area contributed by atoms with Crippen LogP contribution in [0.4, 0.5) is 0 Å². The van der Waals surface area contributed by atoms with Gasteiger partial charge in [0, 0.05) is 12.3 Å². The molecule has 0 radical (unpaired) electrons. The molecule has 0 aliphatic carbocycles. The van der Waals surface area contributed by atoms with E-state index in [4.69, 9.17) is 4.74 Å². The fraction of sp³-hybridized carbons (Fsp3) is 0.250. The maximum atomic E-state index is 11.6. The first-order valence-electron chi connectivity index (χ1n) is 5.00. The SMILES string of the molecule is CC(=O)n1c(C2CO2)cc2ccccc21. The Morgan fingerprint density at radius 3 is 2.87 bits per heavy atom. The summed E-state index contributed by atoms with van der Waals surface area (Å²) >= 11 is 0. The monoisotopic (exact) mass is 201 g/mol. The van der Waals surface area contributed by atoms with Gasteiger partial charge in [-0.2, -0.15) is 0 Å². The predicted octanol–water partition coefficient (Wildman–Crippen LogP) is 2.37. The van der Waals surface area contributed by atoms with Crippen molar-refractivity contribution in [1.29, 1.82) is 0 Å². The van der Waals surface area contributed by atoms with E-state index in [1.54, 1.807) is 11.5 Å². The summed E-state index contributed by atoms with van der Waals surface area (Å²) in [5.41, 5.74) is 1.94. The molecule has 0 saturated carbocycles. The molecule has 2 heterocycles. The maximum Gasteiger partial charge on any atom is 0.228 e. The minimum absolute atomic E-state index is 0.0432. The lowest BCUT2D eigenvalue weighted by molar-refractivity contribution is 0.0937. The molecule has 1 aromatic heterocycles. The molecule has 0 spiro atoms. The molecule has 1 aromatic carbocycles. The molecular weight excluding hydrogens is 190 g/mol. The zero-order valence-electron chi connectivity index (χ0n) is 8.43. The van der Waals surface area contributed by atoms with E-state index in [2.05, 4.69) is 0 Å². The molecule has 3 heteroatoms. The highest BCUT2D eigenvalue weighted by atomic mass is 16.6. The Balaban J connectivity index is 2.33. The third-order valence-corrected chi connectivity index (χ3v) is 2.72. The number of fused-ring (bicyclic) bond motifs is 1. The number of rotatable bonds is 1. The minimum atomic E-state index is 0.0432. The first-order valence-corrected chi connectivity index (χ1v) is 5.00. The topological polar surface area (TPSA) is 34.5 Å². The van der Waals surface area contributed by atoms with Crippen LogP contribution in [0, 0.1) is 0 Å². The van der Waals surface area contributed by atoms with Crippen LogP contribution in [0.2, 0.25) is 0 Å². The van der Waals surface area contributed by atoms with Gasteiger partial charge in [-0.05, 0) is 12.1 Å². The van der Waals surface area contributed by atoms with E-state index in [1.807, 2.05) is 30.3 Å². The number of epoxide rings is 1. The molecule has 1 aliphatic heterocycles. The average molecular weight is 201 g/mol. The largest absolute Gasteiger partial charge is 0.366 e. The molecule has 1 saturated heterocycles. The minimum Gasteiger partial charge on any atom is -0.366 e. The molecule has 15 heavy (non-hydrogen) atoms. The van der Waals surface area contributed by atoms with Gasteiger partial charge in [0.15, 0.2) is 0 Å². The van der Waals surface area contributed by atoms with E-state index in [-0.39, 0.29) is 12.0 Å². The Hall–Kier alpha value is -1.61. The first-order chi connectivity index (χ1) is 7.27. The van der Waals surface area contributed by atoms with Gasteiger partial charge in [0.1, 0.15) is 6.10 Å². The molecule has 1 fully saturated rings. The van der Waals surface area contributed by atoms with Crippen LogP contribution < -0.4 is 0 Å². The van der Waals surface area contributed by atoms with Crippen molar-refractivity contribution >= 4 is 16.8 Å². The maximum absolute atomic E-state index is 11.6. The summed E-state index contributed by atoms with van der Waals surface area (Å²) in [6.45, 7) is 2.31. The molecule has 0 bridgehead atoms. The summed E-state index contributed by atoms with van der Waals surface area (Å²) in [4.78, 5) is 11.6. The van der Waals surface area contributed by atoms with Crippen molar-refractivity contribution in [3.63, 3.8) is 0 Å². The van der Waals surface area contributed by atoms with Gasteiger partial charge in [-0.15, -0.1) is 0 Å². The van der Waals surface area contributed by atoms with Gasteiger partial charge in [-0.1, -0.05) is 18.2 Å². The number of ether oxygens (including phenoxy) is 1. The Labute approximate surface area is 87.3 Å². The predicted molar refractivity (Wildman–Crippen MR) is 56.9 cm³/mol. The lowest BCUT2D eigenvalue weighted by Crippen LogP contribution is -2.08. The van der Waals surface area contributed by atoms with Crippen molar-refractivity contribution < 1.29 is 9.53 Å². The molecule has 2 aromatic rings. The zero-order chi connectivity index (χ0) is 10.4. The normalized spacial score (nSPS) is 19.4. The number of hydrogen-bond acceptors (Lipinski definition) is 2. The van der Waals surface area contributed by atoms with E-state index in [1.165, 1.54) is 0 Å². The molecule has 3 rings (SSSR count). The van der Waals surface area contributed by atoms with Gasteiger partial charge < -0.3 is 4.74 Å². The van der Waals surface area contributed by atoms with E-state index in [0.717, 1.165) is 23.2 Å². The highest BCUT2D eigenvalue weighted by Crippen LogP contribution is 2.33. The fourth-order valence-electron chi connectivity index (χ4n) is 1.98. The second-order valence-electron chi connectivity index (χ2n) is 3.80. The zero-order valence-corrected chi connectivity index (χ0v) is 8.43. The highest BCUT2D eigenvalue weighted by molar-refractivity contribution is 5.93. The number of para-hydroxylation sites is 1. The third-order valence-electron chi connectivity index (χ3n) is 2.72. The number of aromatic nitrogens is 1. The quantitative estimate of drug-likeness (QED) is 0.664. The Kier molecular flexibility index (Phi) is 1.70. The van der Waals surface area contributed by atoms with Crippen LogP contribution in [0.3, 0.4) is 0 Å². The lowest BCUT2D eigenvalue weighted by Gasteiger charge is -2.03. The Bertz CT molecular complexity index is 538. The summed E-state index contributed by atoms with van der Waals surface area (Å²) in [5.74, 6) is 0.0432. The fourth-order valence-corrected chi connectivity index (χ4v) is 1.98. The third kappa shape index (κ3) is 1.27. The van der Waals surface area contributed by atoms with Crippen LogP contribution >= 0.6 is 0 Å². The Morgan fingerprint density at radius 1 is 1.47 bits per heavy atom. The van der Waals surface area contributed by atoms with Crippen LogP contribution in [-0.2, 0) is 4.74 Å². The van der Waals surface area contributed by atoms with Gasteiger partial charge in [-0.25, -0.2) is 0 Å². The smallest absolute Gasteiger partial charge is 0.228 e. The van der Waals surface area contributed by atoms with Crippen LogP contribution in [-0.4, -0.2) is 17.1 Å². The van der Waals surface area contributed by atoms with Crippen molar-refractivity contribution in [1.82, 2.24) is 4.57 Å². The van der Waals surface area contributed by atoms with Gasteiger partial charge >= 0.3 is 0 Å². The second-order valence-corrected chi connectivity index (χ2v) is 3.80. The molecule has 1 unspecified atom stereocenters. The number of nitrogens with zero attached hydrogens (tertiary/aromatic N) is 1. The highest BCUT2D eigenvalue weighted by Gasteiger charge is 2.30. The number of hydrogen-bond donors (Lipinski definition) is 0. The summed E-state index contributed by atoms with van der Waals surface area (Å²) in [5, 5.41) is 1.10. The molecule has 1 aliphatic rings. The van der Waals surface area contributed by atoms with Gasteiger partial charge in [-0.3, -0.25) is 9.36 Å². The van der Waals surface area contributed by atoms with Gasteiger partial charge in [0.05, 0.1) is 17.8 Å². The molecule has 0 N–H and O–H groups in total. The van der Waals surface area contributed by atoms with Crippen LogP contribution in [0.1, 0.15) is 23.5 Å². The van der Waals surface area contributed by atoms with Crippen LogP contribution in [0.15, 0.2) is 30.3 Å². The van der Waals surface area contributed by atoms with E-state index in [0.29, 0.717) is 0 Å². The Morgan fingerprint density at radius 2 is 2.20 bits per heavy atom. The van der Waals surface area contributed by atoms with Crippen molar-refractivity contribution in [3.05, 3.63) is 36.0 Å². The number of carbonyl (C=O) groups is 1. The van der Waals surface area contributed by atoms with Crippen molar-refractivity contribution in [2.75, 3.05) is 6.61 Å². The molecule has 0 amide bonds. The van der Waals surface area contributed by atoms with Crippen molar-refractivity contribution in [3.8, 4) is 0 Å². The standard InChI is InChI=1S/C12H11NO2/c1-8(14)13-10-5-3-2-4-9(10)6-11(13)12-7-15-12/h2-6,12H,7H2,1H3.